The Kier molecular flexibility index (Phi) is 18.0. The third kappa shape index (κ3) is 14.2. The Hall–Kier alpha value is -4.30. The zero-order valence-corrected chi connectivity index (χ0v) is 48.4. The molecule has 6 aliphatic rings. The van der Waals surface area contributed by atoms with E-state index in [4.69, 9.17) is 5.73 Å². The highest BCUT2D eigenvalue weighted by Gasteiger charge is 2.71. The van der Waals surface area contributed by atoms with Gasteiger partial charge in [0.15, 0.2) is 17.3 Å². The molecule has 2 aliphatic heterocycles. The van der Waals surface area contributed by atoms with Gasteiger partial charge < -0.3 is 26.2 Å². The van der Waals surface area contributed by atoms with Crippen LogP contribution in [0.5, 0.6) is 0 Å². The Labute approximate surface area is 442 Å². The minimum atomic E-state index is -1.01. The number of piperidine rings is 2. The average Bonchev–Trinajstić information content (AvgIpc) is 3.66. The van der Waals surface area contributed by atoms with Crippen molar-refractivity contribution in [2.75, 3.05) is 13.1 Å². The first-order chi connectivity index (χ1) is 33.7. The molecule has 6 rings (SSSR count). The van der Waals surface area contributed by atoms with Crippen molar-refractivity contribution in [1.29, 1.82) is 0 Å². The number of Topliss-reactive ketones (excluding diaryl/α,β-unsaturated/α-hetero) is 6. The number of nitrogens with zero attached hydrogens (tertiary/aromatic N) is 2. The normalized spacial score (nSPS) is 26.5. The van der Waals surface area contributed by atoms with E-state index in [1.165, 1.54) is 6.92 Å². The Morgan fingerprint density at radius 3 is 1.35 bits per heavy atom. The number of hydrogen-bond acceptors (Lipinski definition) is 10. The second kappa shape index (κ2) is 22.0. The molecular weight excluding hydrogens is 939 g/mol. The van der Waals surface area contributed by atoms with Gasteiger partial charge in [0.2, 0.25) is 23.4 Å². The van der Waals surface area contributed by atoms with Gasteiger partial charge >= 0.3 is 6.03 Å². The molecule has 0 bridgehead atoms. The molecule has 4 unspecified atom stereocenters. The van der Waals surface area contributed by atoms with Gasteiger partial charge in [-0.15, -0.1) is 0 Å². The second-order valence-electron chi connectivity index (χ2n) is 29.3. The van der Waals surface area contributed by atoms with Gasteiger partial charge in [-0.05, 0) is 96.2 Å². The summed E-state index contributed by atoms with van der Waals surface area (Å²) in [5.74, 6) is -3.98. The van der Waals surface area contributed by atoms with Crippen LogP contribution in [0.1, 0.15) is 195 Å². The molecule has 0 aromatic heterocycles. The minimum Gasteiger partial charge on any atom is -0.363 e. The molecule has 15 heteroatoms. The van der Waals surface area contributed by atoms with Crippen LogP contribution in [0.25, 0.3) is 0 Å². The fourth-order valence-corrected chi connectivity index (χ4v) is 13.0. The lowest BCUT2D eigenvalue weighted by atomic mass is 9.74. The number of primary amides is 1. The molecule has 15 nitrogen and oxygen atoms in total. The third-order valence-electron chi connectivity index (χ3n) is 17.9. The Morgan fingerprint density at radius 2 is 1.01 bits per heavy atom. The predicted octanol–water partition coefficient (Wildman–Crippen LogP) is 8.25. The van der Waals surface area contributed by atoms with Gasteiger partial charge in [0.05, 0.1) is 12.1 Å². The third-order valence-corrected chi connectivity index (χ3v) is 17.9. The first-order valence-corrected chi connectivity index (χ1v) is 27.8. The van der Waals surface area contributed by atoms with Crippen LogP contribution in [0.15, 0.2) is 0 Å². The number of urea groups is 1. The summed E-state index contributed by atoms with van der Waals surface area (Å²) in [5.41, 5.74) is 3.53. The first-order valence-electron chi connectivity index (χ1n) is 27.8. The zero-order chi connectivity index (χ0) is 56.2. The molecule has 2 saturated heterocycles. The highest BCUT2D eigenvalue weighted by atomic mass is 16.2. The summed E-state index contributed by atoms with van der Waals surface area (Å²) in [6.45, 7) is 33.9. The number of nitrogens with two attached hydrogens (primary N) is 1. The van der Waals surface area contributed by atoms with Crippen molar-refractivity contribution in [1.82, 2.24) is 20.4 Å². The molecule has 10 atom stereocenters. The number of fused-ring (bicyclic) bond motifs is 2. The SMILES string of the molecule is CC(=O)C(=O)[C@@H](CC(=O)[C@@H]1[C@@H]2[C@H](CN1C(=O)[C@@H](CC(=O)CC(C)(C)C)C(C)(C)C)C2(C)C)CC1CCC1.CC(C)(C)NC(=O)NC(C(=O)N1CC2C([C@H]1C(=O)CC(CC1CCC1)C(=O)C(N)=O)C2(C)C)C(C)(C)C. The van der Waals surface area contributed by atoms with Gasteiger partial charge in [-0.2, -0.15) is 0 Å². The van der Waals surface area contributed by atoms with Crippen LogP contribution in [-0.4, -0.2) is 105 Å². The highest BCUT2D eigenvalue weighted by Crippen LogP contribution is 2.66. The summed E-state index contributed by atoms with van der Waals surface area (Å²) in [4.78, 5) is 134. The Bertz CT molecular complexity index is 2060. The number of likely N-dealkylation sites (tertiary alicyclic amines) is 2. The second-order valence-corrected chi connectivity index (χ2v) is 29.3. The zero-order valence-electron chi connectivity index (χ0n) is 48.4. The number of hydrogen-bond donors (Lipinski definition) is 3. The summed E-state index contributed by atoms with van der Waals surface area (Å²) < 4.78 is 0. The molecule has 0 spiro atoms. The van der Waals surface area contributed by atoms with Crippen molar-refractivity contribution in [2.45, 2.75) is 218 Å². The first kappa shape index (κ1) is 60.6. The molecule has 0 aromatic carbocycles. The van der Waals surface area contributed by atoms with Crippen LogP contribution in [0.3, 0.4) is 0 Å². The average molecular weight is 1030 g/mol. The molecule has 4 N–H and O–H groups in total. The van der Waals surface area contributed by atoms with E-state index in [0.29, 0.717) is 44.2 Å². The van der Waals surface area contributed by atoms with E-state index in [1.807, 2.05) is 83.1 Å². The van der Waals surface area contributed by atoms with Gasteiger partial charge in [0.25, 0.3) is 5.91 Å². The number of ketones is 6. The number of amides is 5. The molecule has 74 heavy (non-hydrogen) atoms. The van der Waals surface area contributed by atoms with E-state index < -0.39 is 81.5 Å². The molecule has 6 fully saturated rings. The molecule has 5 amide bonds. The van der Waals surface area contributed by atoms with Gasteiger partial charge in [0, 0.05) is 69.0 Å². The Balaban J connectivity index is 0.000000274. The summed E-state index contributed by atoms with van der Waals surface area (Å²) in [6, 6.07) is -2.56. The van der Waals surface area contributed by atoms with Gasteiger partial charge in [0.1, 0.15) is 11.8 Å². The maximum atomic E-state index is 14.0. The molecular formula is C59H95N5O10. The van der Waals surface area contributed by atoms with E-state index in [0.717, 1.165) is 38.5 Å². The summed E-state index contributed by atoms with van der Waals surface area (Å²) in [6.07, 6.45) is 7.82. The van der Waals surface area contributed by atoms with Crippen LogP contribution in [0.4, 0.5) is 4.79 Å². The lowest BCUT2D eigenvalue weighted by Crippen LogP contribution is -2.60. The standard InChI is InChI=1S/C31H49NO5.C28H46N4O5/c1-18(33)27(36)20(13-19-11-10-12-19)14-24(35)26-25-23(31(25,8)9)17-32(26)28(37)22(30(5,6)7)15-21(34)16-29(2,3)4;1-26(2,3)22(30-25(37)31-27(4,5)6)24(36)32-14-17-19(28(17,7)8)20(32)18(33)13-16(21(34)23(29)35)12-15-10-9-11-15/h19-20,22-23,25-26H,10-17H2,1-9H3;15-17,19-20,22H,9-14H2,1-8H3,(H2,29,35)(H2,30,31,37)/t20-,22-,23+,25+,26-;16?,17?,19?,20-,22?/m11/s1. The van der Waals surface area contributed by atoms with E-state index in [-0.39, 0.29) is 88.3 Å². The molecule has 416 valence electrons. The van der Waals surface area contributed by atoms with Crippen molar-refractivity contribution in [3.63, 3.8) is 0 Å². The van der Waals surface area contributed by atoms with Crippen LogP contribution in [-0.2, 0) is 43.2 Å². The maximum absolute atomic E-state index is 14.0. The molecule has 4 saturated carbocycles. The highest BCUT2D eigenvalue weighted by molar-refractivity contribution is 6.37. The van der Waals surface area contributed by atoms with E-state index in [9.17, 15) is 47.9 Å². The van der Waals surface area contributed by atoms with Crippen molar-refractivity contribution in [3.05, 3.63) is 0 Å². The van der Waals surface area contributed by atoms with Crippen molar-refractivity contribution >= 4 is 58.5 Å². The predicted molar refractivity (Wildman–Crippen MR) is 284 cm³/mol. The summed E-state index contributed by atoms with van der Waals surface area (Å²) >= 11 is 0. The Morgan fingerprint density at radius 1 is 0.595 bits per heavy atom. The smallest absolute Gasteiger partial charge is 0.315 e. The van der Waals surface area contributed by atoms with Gasteiger partial charge in [-0.25, -0.2) is 4.79 Å². The largest absolute Gasteiger partial charge is 0.363 e. The quantitative estimate of drug-likeness (QED) is 0.0990. The number of rotatable bonds is 20. The molecule has 0 radical (unpaired) electrons. The lowest BCUT2D eigenvalue weighted by Gasteiger charge is -2.38. The topological polar surface area (TPSA) is 227 Å². The van der Waals surface area contributed by atoms with Gasteiger partial charge in [-0.3, -0.25) is 43.2 Å². The maximum Gasteiger partial charge on any atom is 0.315 e. The minimum absolute atomic E-state index is 0.0130. The van der Waals surface area contributed by atoms with Crippen molar-refractivity contribution in [2.24, 2.45) is 86.1 Å². The summed E-state index contributed by atoms with van der Waals surface area (Å²) in [7, 11) is 0. The lowest BCUT2D eigenvalue weighted by molar-refractivity contribution is -0.148. The van der Waals surface area contributed by atoms with Crippen LogP contribution >= 0.6 is 0 Å². The van der Waals surface area contributed by atoms with Crippen molar-refractivity contribution < 1.29 is 47.9 Å². The number of carbonyl (C=O) groups is 10. The van der Waals surface area contributed by atoms with Crippen LogP contribution < -0.4 is 16.4 Å². The van der Waals surface area contributed by atoms with E-state index in [2.05, 4.69) is 38.3 Å². The van der Waals surface area contributed by atoms with Crippen LogP contribution in [0, 0.1) is 80.3 Å². The summed E-state index contributed by atoms with van der Waals surface area (Å²) in [5, 5.41) is 5.69. The van der Waals surface area contributed by atoms with E-state index in [1.54, 1.807) is 9.80 Å². The molecule has 4 aliphatic carbocycles. The number of nitrogens with one attached hydrogen (secondary N) is 2. The monoisotopic (exact) mass is 1030 g/mol. The number of carbonyl (C=O) groups excluding carboxylic acids is 10. The van der Waals surface area contributed by atoms with Crippen LogP contribution in [0.2, 0.25) is 0 Å². The fraction of sp³-hybridized carbons (Fsp3) is 0.831. The molecule has 2 heterocycles. The van der Waals surface area contributed by atoms with Crippen molar-refractivity contribution in [3.8, 4) is 0 Å². The van der Waals surface area contributed by atoms with Gasteiger partial charge in [-0.1, -0.05) is 129 Å². The fourth-order valence-electron chi connectivity index (χ4n) is 13.0. The molecule has 0 aromatic rings. The van der Waals surface area contributed by atoms with E-state index >= 15 is 0 Å².